The monoisotopic (exact) mass is 394 g/mol. The molecule has 2 fully saturated rings. The molecule has 0 nitrogen and oxygen atoms in total. The Hall–Kier alpha value is -0.343. The molecule has 0 radical (unpaired) electrons. The molecule has 0 amide bonds. The molecule has 0 spiro atoms. The number of hydrogen-bond donors (Lipinski definition) is 0. The van der Waals surface area contributed by atoms with Crippen molar-refractivity contribution in [3.63, 3.8) is 0 Å². The van der Waals surface area contributed by atoms with Gasteiger partial charge in [-0.25, -0.2) is 4.39 Å². The molecule has 3 heteroatoms. The zero-order valence-electron chi connectivity index (χ0n) is 16.7. The third kappa shape index (κ3) is 5.13. The fourth-order valence-corrected chi connectivity index (χ4v) is 9.33. The molecule has 2 aliphatic rings. The van der Waals surface area contributed by atoms with Crippen LogP contribution in [0.15, 0.2) is 12.1 Å². The highest BCUT2D eigenvalue weighted by Crippen LogP contribution is 2.42. The Kier molecular flexibility index (Phi) is 7.63. The highest BCUT2D eigenvalue weighted by molar-refractivity contribution is 6.58. The van der Waals surface area contributed by atoms with Gasteiger partial charge >= 0.3 is 0 Å². The van der Waals surface area contributed by atoms with Gasteiger partial charge in [0.05, 0.1) is 5.02 Å². The van der Waals surface area contributed by atoms with Crippen molar-refractivity contribution in [1.29, 1.82) is 0 Å². The summed E-state index contributed by atoms with van der Waals surface area (Å²) in [6.07, 6.45) is 12.2. The highest BCUT2D eigenvalue weighted by Gasteiger charge is 2.30. The second-order valence-corrected chi connectivity index (χ2v) is 12.9. The average molecular weight is 395 g/mol. The van der Waals surface area contributed by atoms with Crippen molar-refractivity contribution in [3.05, 3.63) is 34.1 Å². The summed E-state index contributed by atoms with van der Waals surface area (Å²) in [6.45, 7) is 4.14. The van der Waals surface area contributed by atoms with Crippen LogP contribution in [0.25, 0.3) is 0 Å². The van der Waals surface area contributed by atoms with Gasteiger partial charge in [0, 0.05) is 8.80 Å². The van der Waals surface area contributed by atoms with E-state index in [1.165, 1.54) is 38.5 Å². The van der Waals surface area contributed by atoms with Gasteiger partial charge in [0.2, 0.25) is 0 Å². The second kappa shape index (κ2) is 9.73. The van der Waals surface area contributed by atoms with Gasteiger partial charge < -0.3 is 0 Å². The topological polar surface area (TPSA) is 0 Å². The van der Waals surface area contributed by atoms with Crippen LogP contribution in [-0.2, 0) is 6.42 Å². The fraction of sp³-hybridized carbons (Fsp3) is 0.739. The van der Waals surface area contributed by atoms with Gasteiger partial charge in [-0.1, -0.05) is 80.9 Å². The first kappa shape index (κ1) is 20.4. The highest BCUT2D eigenvalue weighted by atomic mass is 35.5. The largest absolute Gasteiger partial charge is 0.205 e. The normalized spacial score (nSPS) is 29.7. The van der Waals surface area contributed by atoms with Gasteiger partial charge in [-0.05, 0) is 61.5 Å². The molecule has 0 bridgehead atoms. The molecule has 1 heterocycles. The zero-order chi connectivity index (χ0) is 18.5. The number of rotatable bonds is 6. The van der Waals surface area contributed by atoms with E-state index < -0.39 is 0 Å². The van der Waals surface area contributed by atoms with Crippen molar-refractivity contribution in [1.82, 2.24) is 0 Å². The van der Waals surface area contributed by atoms with Crippen LogP contribution in [0.1, 0.15) is 69.4 Å². The smallest absolute Gasteiger partial charge is 0.144 e. The Morgan fingerprint density at radius 1 is 1.04 bits per heavy atom. The molecule has 1 saturated heterocycles. The first-order valence-corrected chi connectivity index (χ1v) is 13.8. The standard InChI is InChI=1S/C23H36ClFSi/c1-3-14-26-15-12-20(13-16-26)19-9-5-18(6-10-19)7-11-21-8-4-17(2)23(25)22(21)24/h4,8,18-20,26H,3,5-7,9-16H2,1-2H3/t18-,19-,20-,26-. The Bertz CT molecular complexity index is 572. The van der Waals surface area contributed by atoms with E-state index in [1.807, 2.05) is 12.1 Å². The van der Waals surface area contributed by atoms with Crippen LogP contribution in [-0.4, -0.2) is 8.80 Å². The van der Waals surface area contributed by atoms with Crippen LogP contribution in [0.3, 0.4) is 0 Å². The lowest BCUT2D eigenvalue weighted by Gasteiger charge is -2.37. The molecule has 0 aromatic heterocycles. The van der Waals surface area contributed by atoms with Crippen LogP contribution >= 0.6 is 11.6 Å². The number of aryl methyl sites for hydroxylation is 2. The molecule has 1 aliphatic carbocycles. The Morgan fingerprint density at radius 2 is 1.69 bits per heavy atom. The van der Waals surface area contributed by atoms with Gasteiger partial charge in [-0.15, -0.1) is 0 Å². The van der Waals surface area contributed by atoms with Crippen LogP contribution in [0.2, 0.25) is 23.2 Å². The third-order valence-corrected chi connectivity index (χ3v) is 11.4. The van der Waals surface area contributed by atoms with Crippen molar-refractivity contribution in [3.8, 4) is 0 Å². The molecule has 1 aromatic rings. The Balaban J connectivity index is 1.41. The predicted molar refractivity (Wildman–Crippen MR) is 115 cm³/mol. The van der Waals surface area contributed by atoms with E-state index in [4.69, 9.17) is 11.6 Å². The van der Waals surface area contributed by atoms with E-state index in [9.17, 15) is 4.39 Å². The third-order valence-electron chi connectivity index (χ3n) is 7.32. The van der Waals surface area contributed by atoms with Crippen molar-refractivity contribution in [2.45, 2.75) is 89.8 Å². The van der Waals surface area contributed by atoms with Crippen molar-refractivity contribution in [2.24, 2.45) is 17.8 Å². The van der Waals surface area contributed by atoms with E-state index in [0.717, 1.165) is 29.7 Å². The molecule has 1 aliphatic heterocycles. The van der Waals surface area contributed by atoms with E-state index in [0.29, 0.717) is 10.6 Å². The summed E-state index contributed by atoms with van der Waals surface area (Å²) < 4.78 is 14.0. The lowest BCUT2D eigenvalue weighted by atomic mass is 9.73. The molecule has 1 aromatic carbocycles. The molecule has 146 valence electrons. The van der Waals surface area contributed by atoms with Gasteiger partial charge in [0.1, 0.15) is 5.82 Å². The number of halogens is 2. The SMILES string of the molecule is CCC[Si@H]1CC[C@H]([C@H]2CC[C@H](CCc3ccc(C)c(F)c3Cl)CC2)CC1. The first-order chi connectivity index (χ1) is 12.6. The number of benzene rings is 1. The molecule has 26 heavy (non-hydrogen) atoms. The van der Waals surface area contributed by atoms with E-state index in [1.54, 1.807) is 37.9 Å². The molecule has 0 N–H and O–H groups in total. The van der Waals surface area contributed by atoms with Gasteiger partial charge in [0.25, 0.3) is 0 Å². The molecular formula is C23H36ClFSi. The van der Waals surface area contributed by atoms with E-state index in [2.05, 4.69) is 6.92 Å². The average Bonchev–Trinajstić information content (AvgIpc) is 2.67. The lowest BCUT2D eigenvalue weighted by Crippen LogP contribution is -2.28. The lowest BCUT2D eigenvalue weighted by molar-refractivity contribution is 0.186. The summed E-state index contributed by atoms with van der Waals surface area (Å²) in [5.74, 6) is 2.63. The molecular weight excluding hydrogens is 359 g/mol. The summed E-state index contributed by atoms with van der Waals surface area (Å²) in [4.78, 5) is 0. The zero-order valence-corrected chi connectivity index (χ0v) is 18.6. The van der Waals surface area contributed by atoms with Gasteiger partial charge in [-0.3, -0.25) is 0 Å². The second-order valence-electron chi connectivity index (χ2n) is 9.06. The summed E-state index contributed by atoms with van der Waals surface area (Å²) in [5.41, 5.74) is 1.65. The van der Waals surface area contributed by atoms with Gasteiger partial charge in [-0.2, -0.15) is 0 Å². The van der Waals surface area contributed by atoms with Crippen molar-refractivity contribution >= 4 is 20.4 Å². The molecule has 0 atom stereocenters. The van der Waals surface area contributed by atoms with Crippen LogP contribution in [0.5, 0.6) is 0 Å². The van der Waals surface area contributed by atoms with E-state index >= 15 is 0 Å². The van der Waals surface area contributed by atoms with Crippen LogP contribution in [0, 0.1) is 30.5 Å². The van der Waals surface area contributed by atoms with E-state index in [-0.39, 0.29) is 14.6 Å². The number of hydrogen-bond acceptors (Lipinski definition) is 0. The summed E-state index contributed by atoms with van der Waals surface area (Å²) in [6, 6.07) is 8.71. The molecule has 0 unspecified atom stereocenters. The van der Waals surface area contributed by atoms with Crippen molar-refractivity contribution < 1.29 is 4.39 Å². The maximum atomic E-state index is 14.0. The minimum Gasteiger partial charge on any atom is -0.205 e. The molecule has 3 rings (SSSR count). The van der Waals surface area contributed by atoms with Crippen LogP contribution < -0.4 is 0 Å². The Labute approximate surface area is 166 Å². The summed E-state index contributed by atoms with van der Waals surface area (Å²) in [5, 5.41) is 0.353. The minimum absolute atomic E-state index is 0.227. The maximum absolute atomic E-state index is 14.0. The maximum Gasteiger partial charge on any atom is 0.144 e. The van der Waals surface area contributed by atoms with Crippen molar-refractivity contribution in [2.75, 3.05) is 0 Å². The Morgan fingerprint density at radius 3 is 2.35 bits per heavy atom. The molecule has 1 saturated carbocycles. The first-order valence-electron chi connectivity index (χ1n) is 11.0. The minimum atomic E-state index is -0.333. The van der Waals surface area contributed by atoms with Gasteiger partial charge in [0.15, 0.2) is 0 Å². The van der Waals surface area contributed by atoms with Crippen LogP contribution in [0.4, 0.5) is 4.39 Å². The summed E-state index contributed by atoms with van der Waals surface area (Å²) in [7, 11) is -0.333. The quantitative estimate of drug-likeness (QED) is 0.436. The summed E-state index contributed by atoms with van der Waals surface area (Å²) >= 11 is 6.20. The fourth-order valence-electron chi connectivity index (χ4n) is 5.54. The predicted octanol–water partition coefficient (Wildman–Crippen LogP) is 7.57.